The molecule has 2 heterocycles. The van der Waals surface area contributed by atoms with Gasteiger partial charge >= 0.3 is 0 Å². The first-order chi connectivity index (χ1) is 9.79. The van der Waals surface area contributed by atoms with Crippen molar-refractivity contribution < 1.29 is 5.11 Å². The van der Waals surface area contributed by atoms with Gasteiger partial charge in [-0.15, -0.1) is 0 Å². The molecule has 0 spiro atoms. The van der Waals surface area contributed by atoms with E-state index in [9.17, 15) is 5.11 Å². The van der Waals surface area contributed by atoms with E-state index in [2.05, 4.69) is 17.1 Å². The van der Waals surface area contributed by atoms with Gasteiger partial charge < -0.3 is 10.4 Å². The molecular weight excluding hydrogens is 248 g/mol. The Morgan fingerprint density at radius 2 is 1.70 bits per heavy atom. The fourth-order valence-electron chi connectivity index (χ4n) is 4.91. The Morgan fingerprint density at radius 1 is 1.00 bits per heavy atom. The third kappa shape index (κ3) is 3.05. The van der Waals surface area contributed by atoms with E-state index in [1.54, 1.807) is 0 Å². The molecular formula is C17H32N2O. The molecule has 3 aliphatic rings. The van der Waals surface area contributed by atoms with E-state index in [4.69, 9.17) is 0 Å². The summed E-state index contributed by atoms with van der Waals surface area (Å²) in [5.41, 5.74) is 0. The minimum absolute atomic E-state index is 0.0630. The van der Waals surface area contributed by atoms with Crippen LogP contribution in [-0.2, 0) is 0 Å². The Labute approximate surface area is 124 Å². The van der Waals surface area contributed by atoms with Crippen molar-refractivity contribution in [3.05, 3.63) is 0 Å². The maximum absolute atomic E-state index is 10.4. The van der Waals surface area contributed by atoms with Gasteiger partial charge in [-0.3, -0.25) is 4.90 Å². The third-order valence-corrected chi connectivity index (χ3v) is 5.79. The molecule has 3 nitrogen and oxygen atoms in total. The third-order valence-electron chi connectivity index (χ3n) is 5.79. The lowest BCUT2D eigenvalue weighted by molar-refractivity contribution is -0.0694. The zero-order valence-electron chi connectivity index (χ0n) is 13.1. The van der Waals surface area contributed by atoms with Crippen LogP contribution in [0, 0.1) is 0 Å². The largest absolute Gasteiger partial charge is 0.391 e. The Kier molecular flexibility index (Phi) is 5.00. The zero-order chi connectivity index (χ0) is 13.9. The Bertz CT molecular complexity index is 295. The van der Waals surface area contributed by atoms with Crippen molar-refractivity contribution in [3.63, 3.8) is 0 Å². The van der Waals surface area contributed by atoms with Gasteiger partial charge in [0.1, 0.15) is 0 Å². The van der Waals surface area contributed by atoms with Crippen LogP contribution in [0.3, 0.4) is 0 Å². The molecule has 0 aromatic carbocycles. The predicted molar refractivity (Wildman–Crippen MR) is 82.8 cm³/mol. The summed E-state index contributed by atoms with van der Waals surface area (Å²) in [6.07, 6.45) is 12.7. The number of hydrogen-bond acceptors (Lipinski definition) is 3. The summed E-state index contributed by atoms with van der Waals surface area (Å²) in [5.74, 6) is 0. The van der Waals surface area contributed by atoms with Crippen molar-refractivity contribution in [3.8, 4) is 0 Å². The summed E-state index contributed by atoms with van der Waals surface area (Å²) in [7, 11) is 0. The number of rotatable bonds is 4. The molecule has 1 aliphatic carbocycles. The molecule has 3 rings (SSSR count). The highest BCUT2D eigenvalue weighted by Crippen LogP contribution is 2.39. The quantitative estimate of drug-likeness (QED) is 0.831. The van der Waals surface area contributed by atoms with Gasteiger partial charge in [-0.25, -0.2) is 0 Å². The fraction of sp³-hybridized carbons (Fsp3) is 1.00. The first-order valence-electron chi connectivity index (χ1n) is 8.98. The first kappa shape index (κ1) is 14.8. The van der Waals surface area contributed by atoms with Gasteiger partial charge in [-0.2, -0.15) is 0 Å². The van der Waals surface area contributed by atoms with Crippen LogP contribution >= 0.6 is 0 Å². The van der Waals surface area contributed by atoms with Crippen LogP contribution in [0.2, 0.25) is 0 Å². The average molecular weight is 280 g/mol. The van der Waals surface area contributed by atoms with Crippen molar-refractivity contribution in [2.75, 3.05) is 6.54 Å². The molecule has 4 atom stereocenters. The van der Waals surface area contributed by atoms with Crippen LogP contribution in [0.1, 0.15) is 71.1 Å². The topological polar surface area (TPSA) is 35.5 Å². The van der Waals surface area contributed by atoms with Crippen LogP contribution in [0.25, 0.3) is 0 Å². The molecule has 2 bridgehead atoms. The number of hydrogen-bond donors (Lipinski definition) is 2. The van der Waals surface area contributed by atoms with E-state index < -0.39 is 0 Å². The van der Waals surface area contributed by atoms with Gasteiger partial charge in [0.25, 0.3) is 0 Å². The van der Waals surface area contributed by atoms with Crippen LogP contribution in [0.5, 0.6) is 0 Å². The van der Waals surface area contributed by atoms with Gasteiger partial charge in [-0.05, 0) is 51.5 Å². The van der Waals surface area contributed by atoms with E-state index in [0.29, 0.717) is 6.04 Å². The highest BCUT2D eigenvalue weighted by atomic mass is 16.3. The van der Waals surface area contributed by atoms with Crippen LogP contribution in [0.15, 0.2) is 0 Å². The van der Waals surface area contributed by atoms with Gasteiger partial charge in [0.15, 0.2) is 0 Å². The highest BCUT2D eigenvalue weighted by Gasteiger charge is 2.43. The lowest BCUT2D eigenvalue weighted by atomic mass is 9.78. The predicted octanol–water partition coefficient (Wildman–Crippen LogP) is 2.68. The first-order valence-corrected chi connectivity index (χ1v) is 8.98. The second-order valence-electron chi connectivity index (χ2n) is 7.23. The number of aliphatic hydroxyl groups is 1. The average Bonchev–Trinajstić information content (AvgIpc) is 2.45. The SMILES string of the molecule is CCCNC1CC2CCCC(C1)N2C1CCCCC1O. The van der Waals surface area contributed by atoms with E-state index in [0.717, 1.165) is 31.1 Å². The standard InChI is InChI=1S/C17H32N2O/c1-2-10-18-13-11-14-6-5-7-15(12-13)19(14)16-8-3-4-9-17(16)20/h13-18,20H,2-12H2,1H3. The number of aliphatic hydroxyl groups excluding tert-OH is 1. The summed E-state index contributed by atoms with van der Waals surface area (Å²) in [4.78, 5) is 2.76. The normalized spacial score (nSPS) is 42.6. The second-order valence-corrected chi connectivity index (χ2v) is 7.23. The molecule has 1 saturated carbocycles. The monoisotopic (exact) mass is 280 g/mol. The molecule has 3 fully saturated rings. The lowest BCUT2D eigenvalue weighted by Crippen LogP contribution is -2.62. The summed E-state index contributed by atoms with van der Waals surface area (Å²) in [6, 6.07) is 2.65. The van der Waals surface area contributed by atoms with Gasteiger partial charge in [0.05, 0.1) is 6.10 Å². The number of nitrogens with zero attached hydrogens (tertiary/aromatic N) is 1. The summed E-state index contributed by atoms with van der Waals surface area (Å²) in [6.45, 7) is 3.41. The molecule has 0 radical (unpaired) electrons. The van der Waals surface area contributed by atoms with Crippen molar-refractivity contribution in [2.45, 2.75) is 101 Å². The Balaban J connectivity index is 1.66. The van der Waals surface area contributed by atoms with Crippen molar-refractivity contribution in [1.29, 1.82) is 0 Å². The molecule has 0 aromatic rings. The number of fused-ring (bicyclic) bond motifs is 2. The maximum Gasteiger partial charge on any atom is 0.0695 e. The molecule has 20 heavy (non-hydrogen) atoms. The van der Waals surface area contributed by atoms with Gasteiger partial charge in [0.2, 0.25) is 0 Å². The molecule has 2 aliphatic heterocycles. The van der Waals surface area contributed by atoms with Crippen molar-refractivity contribution in [1.82, 2.24) is 10.2 Å². The minimum Gasteiger partial charge on any atom is -0.391 e. The van der Waals surface area contributed by atoms with Crippen LogP contribution in [-0.4, -0.2) is 46.8 Å². The van der Waals surface area contributed by atoms with E-state index >= 15 is 0 Å². The van der Waals surface area contributed by atoms with E-state index in [1.165, 1.54) is 57.8 Å². The smallest absolute Gasteiger partial charge is 0.0695 e. The van der Waals surface area contributed by atoms with Gasteiger partial charge in [0, 0.05) is 24.2 Å². The Morgan fingerprint density at radius 3 is 2.35 bits per heavy atom. The molecule has 3 heteroatoms. The number of piperidine rings is 2. The maximum atomic E-state index is 10.4. The van der Waals surface area contributed by atoms with E-state index in [-0.39, 0.29) is 6.10 Å². The Hall–Kier alpha value is -0.120. The lowest BCUT2D eigenvalue weighted by Gasteiger charge is -2.54. The van der Waals surface area contributed by atoms with Crippen molar-refractivity contribution in [2.24, 2.45) is 0 Å². The van der Waals surface area contributed by atoms with E-state index in [1.807, 2.05) is 0 Å². The summed E-state index contributed by atoms with van der Waals surface area (Å²) in [5, 5.41) is 14.2. The fourth-order valence-corrected chi connectivity index (χ4v) is 4.91. The molecule has 0 aromatic heterocycles. The molecule has 2 saturated heterocycles. The molecule has 0 amide bonds. The summed E-state index contributed by atoms with van der Waals surface area (Å²) >= 11 is 0. The van der Waals surface area contributed by atoms with Crippen molar-refractivity contribution >= 4 is 0 Å². The molecule has 4 unspecified atom stereocenters. The van der Waals surface area contributed by atoms with Crippen LogP contribution in [0.4, 0.5) is 0 Å². The summed E-state index contributed by atoms with van der Waals surface area (Å²) < 4.78 is 0. The van der Waals surface area contributed by atoms with Gasteiger partial charge in [-0.1, -0.05) is 26.2 Å². The minimum atomic E-state index is -0.0630. The zero-order valence-corrected chi connectivity index (χ0v) is 13.1. The highest BCUT2D eigenvalue weighted by molar-refractivity contribution is 4.99. The number of nitrogens with one attached hydrogen (secondary N) is 1. The molecule has 116 valence electrons. The second kappa shape index (κ2) is 6.76. The van der Waals surface area contributed by atoms with Crippen LogP contribution < -0.4 is 5.32 Å². The molecule has 2 N–H and O–H groups in total.